The fourth-order valence-corrected chi connectivity index (χ4v) is 5.37. The quantitative estimate of drug-likeness (QED) is 0.652. The van der Waals surface area contributed by atoms with Gasteiger partial charge < -0.3 is 5.32 Å². The number of thiazole rings is 1. The Kier molecular flexibility index (Phi) is 5.64. The van der Waals surface area contributed by atoms with Gasteiger partial charge in [-0.2, -0.15) is 0 Å². The zero-order valence-electron chi connectivity index (χ0n) is 12.4. The Bertz CT molecular complexity index is 985. The Balaban J connectivity index is 2.32. The van der Waals surface area contributed by atoms with Gasteiger partial charge in [0.2, 0.25) is 15.9 Å². The van der Waals surface area contributed by atoms with Crippen molar-refractivity contribution in [2.45, 2.75) is 5.25 Å². The molecular formula is C12H14BrN3O5S3. The van der Waals surface area contributed by atoms with Gasteiger partial charge in [0.15, 0.2) is 15.1 Å². The predicted octanol–water partition coefficient (Wildman–Crippen LogP) is 0.549. The lowest BCUT2D eigenvalue weighted by molar-refractivity contribution is -0.120. The number of sulfonamides is 1. The van der Waals surface area contributed by atoms with Crippen molar-refractivity contribution in [1.29, 1.82) is 0 Å². The Morgan fingerprint density at radius 2 is 2.04 bits per heavy atom. The summed E-state index contributed by atoms with van der Waals surface area (Å²) >= 11 is 4.40. The summed E-state index contributed by atoms with van der Waals surface area (Å²) < 4.78 is 47.4. The van der Waals surface area contributed by atoms with Crippen LogP contribution in [0.3, 0.4) is 0 Å². The van der Waals surface area contributed by atoms with E-state index in [1.165, 1.54) is 0 Å². The topological polar surface area (TPSA) is 136 Å². The van der Waals surface area contributed by atoms with Gasteiger partial charge in [0.1, 0.15) is 5.01 Å². The summed E-state index contributed by atoms with van der Waals surface area (Å²) in [5.41, 5.74) is 0.573. The van der Waals surface area contributed by atoms with Crippen molar-refractivity contribution in [2.24, 2.45) is 5.14 Å². The molecule has 0 aliphatic heterocycles. The number of halogens is 1. The number of nitrogens with one attached hydrogen (secondary N) is 1. The molecule has 2 aromatic rings. The molecule has 12 heteroatoms. The van der Waals surface area contributed by atoms with E-state index < -0.39 is 36.8 Å². The maximum Gasteiger partial charge on any atom is 0.245 e. The average Bonchev–Trinajstić information content (AvgIpc) is 2.77. The van der Waals surface area contributed by atoms with Crippen LogP contribution in [0.15, 0.2) is 22.7 Å². The molecule has 0 aliphatic carbocycles. The molecule has 1 aromatic carbocycles. The first-order valence-corrected chi connectivity index (χ1v) is 11.8. The van der Waals surface area contributed by atoms with Crippen molar-refractivity contribution in [1.82, 2.24) is 10.3 Å². The fraction of sp³-hybridized carbons (Fsp3) is 0.333. The maximum absolute atomic E-state index is 12.3. The first-order chi connectivity index (χ1) is 11.0. The van der Waals surface area contributed by atoms with Gasteiger partial charge in [-0.3, -0.25) is 4.79 Å². The summed E-state index contributed by atoms with van der Waals surface area (Å²) in [4.78, 5) is 16.5. The second-order valence-electron chi connectivity index (χ2n) is 5.03. The number of hydrogen-bond donors (Lipinski definition) is 2. The highest BCUT2D eigenvalue weighted by molar-refractivity contribution is 9.10. The maximum atomic E-state index is 12.3. The van der Waals surface area contributed by atoms with Crippen LogP contribution in [0.2, 0.25) is 0 Å². The molecule has 0 spiro atoms. The number of nitrogens with zero attached hydrogens (tertiary/aromatic N) is 1. The van der Waals surface area contributed by atoms with E-state index in [2.05, 4.69) is 26.2 Å². The Morgan fingerprint density at radius 1 is 1.38 bits per heavy atom. The summed E-state index contributed by atoms with van der Waals surface area (Å²) in [5, 5.41) is 5.75. The number of nitrogens with two attached hydrogens (primary N) is 1. The van der Waals surface area contributed by atoms with E-state index in [0.717, 1.165) is 26.8 Å². The van der Waals surface area contributed by atoms with Crippen molar-refractivity contribution in [3.8, 4) is 0 Å². The van der Waals surface area contributed by atoms with E-state index >= 15 is 0 Å². The largest absolute Gasteiger partial charge is 0.354 e. The van der Waals surface area contributed by atoms with Crippen LogP contribution in [0.4, 0.5) is 0 Å². The molecule has 1 aromatic heterocycles. The number of carbonyl (C=O) groups excluding carboxylic acids is 1. The molecule has 132 valence electrons. The minimum absolute atomic E-state index is 0.124. The van der Waals surface area contributed by atoms with Crippen molar-refractivity contribution < 1.29 is 21.6 Å². The minimum atomic E-state index is -3.80. The van der Waals surface area contributed by atoms with E-state index in [9.17, 15) is 21.6 Å². The number of sulfone groups is 1. The van der Waals surface area contributed by atoms with Crippen LogP contribution in [0.1, 0.15) is 10.3 Å². The molecule has 1 atom stereocenters. The molecule has 0 fully saturated rings. The van der Waals surface area contributed by atoms with Crippen LogP contribution in [-0.2, 0) is 24.7 Å². The summed E-state index contributed by atoms with van der Waals surface area (Å²) in [5.74, 6) is -1.32. The lowest BCUT2D eigenvalue weighted by Gasteiger charge is -2.12. The van der Waals surface area contributed by atoms with Gasteiger partial charge >= 0.3 is 0 Å². The van der Waals surface area contributed by atoms with E-state index in [0.29, 0.717) is 5.52 Å². The van der Waals surface area contributed by atoms with E-state index in [1.807, 2.05) is 0 Å². The van der Waals surface area contributed by atoms with Gasteiger partial charge in [-0.05, 0) is 18.2 Å². The van der Waals surface area contributed by atoms with E-state index in [4.69, 9.17) is 5.14 Å². The van der Waals surface area contributed by atoms with Gasteiger partial charge in [-0.25, -0.2) is 27.0 Å². The smallest absolute Gasteiger partial charge is 0.245 e. The highest BCUT2D eigenvalue weighted by atomic mass is 79.9. The molecule has 3 N–H and O–H groups in total. The van der Waals surface area contributed by atoms with Gasteiger partial charge in [0, 0.05) is 17.3 Å². The molecule has 0 aliphatic rings. The lowest BCUT2D eigenvalue weighted by atomic mass is 10.3. The molecule has 0 saturated carbocycles. The molecule has 1 amide bonds. The van der Waals surface area contributed by atoms with Gasteiger partial charge in [0.25, 0.3) is 0 Å². The number of carbonyl (C=O) groups is 1. The van der Waals surface area contributed by atoms with Crippen molar-refractivity contribution in [3.63, 3.8) is 0 Å². The fourth-order valence-electron chi connectivity index (χ4n) is 1.93. The van der Waals surface area contributed by atoms with Crippen molar-refractivity contribution >= 4 is 63.3 Å². The number of rotatable bonds is 6. The number of aromatic nitrogens is 1. The Morgan fingerprint density at radius 3 is 2.62 bits per heavy atom. The van der Waals surface area contributed by atoms with Crippen LogP contribution < -0.4 is 10.5 Å². The van der Waals surface area contributed by atoms with Crippen LogP contribution in [-0.4, -0.2) is 46.3 Å². The Hall–Kier alpha value is -1.08. The van der Waals surface area contributed by atoms with E-state index in [1.54, 1.807) is 18.2 Å². The highest BCUT2D eigenvalue weighted by Gasteiger charge is 2.33. The molecule has 0 bridgehead atoms. The third-order valence-electron chi connectivity index (χ3n) is 2.94. The van der Waals surface area contributed by atoms with Crippen LogP contribution in [0, 0.1) is 0 Å². The monoisotopic (exact) mass is 455 g/mol. The first-order valence-electron chi connectivity index (χ1n) is 6.50. The minimum Gasteiger partial charge on any atom is -0.354 e. The second kappa shape index (κ2) is 7.04. The zero-order valence-corrected chi connectivity index (χ0v) is 16.4. The third kappa shape index (κ3) is 4.96. The lowest BCUT2D eigenvalue weighted by Crippen LogP contribution is -2.37. The Labute approximate surface area is 151 Å². The van der Waals surface area contributed by atoms with Crippen LogP contribution in [0.5, 0.6) is 0 Å². The molecule has 2 rings (SSSR count). The number of fused-ring (bicyclic) bond motifs is 1. The zero-order chi connectivity index (χ0) is 18.1. The van der Waals surface area contributed by atoms with Crippen molar-refractivity contribution in [3.05, 3.63) is 27.7 Å². The molecular weight excluding hydrogens is 442 g/mol. The van der Waals surface area contributed by atoms with Gasteiger partial charge in [0.05, 0.1) is 16.0 Å². The summed E-state index contributed by atoms with van der Waals surface area (Å²) in [6.45, 7) is -0.278. The van der Waals surface area contributed by atoms with Crippen molar-refractivity contribution in [2.75, 3.05) is 18.6 Å². The summed E-state index contributed by atoms with van der Waals surface area (Å²) in [6, 6.07) is 5.24. The molecule has 0 saturated heterocycles. The third-order valence-corrected chi connectivity index (χ3v) is 6.74. The number of primary sulfonamides is 1. The molecule has 1 heterocycles. The second-order valence-corrected chi connectivity index (χ2v) is 10.9. The molecule has 1 unspecified atom stereocenters. The SMILES string of the molecule is CS(=O)(=O)C(C(=O)NCCS(N)(=O)=O)c1nc2ccc(Br)cc2s1. The predicted molar refractivity (Wildman–Crippen MR) is 95.9 cm³/mol. The molecule has 24 heavy (non-hydrogen) atoms. The normalized spacial score (nSPS) is 13.8. The average molecular weight is 456 g/mol. The first kappa shape index (κ1) is 19.2. The number of benzene rings is 1. The highest BCUT2D eigenvalue weighted by Crippen LogP contribution is 2.32. The summed E-state index contributed by atoms with van der Waals surface area (Å²) in [7, 11) is -7.55. The number of amides is 1. The standard InChI is InChI=1S/C12H14BrN3O5S3/c1-23(18,19)10(11(17)15-4-5-24(14,20)21)12-16-8-3-2-7(13)6-9(8)22-12/h2-3,6,10H,4-5H2,1H3,(H,15,17)(H2,14,20,21). The summed E-state index contributed by atoms with van der Waals surface area (Å²) in [6.07, 6.45) is 0.929. The molecule has 0 radical (unpaired) electrons. The van der Waals surface area contributed by atoms with Gasteiger partial charge in [-0.15, -0.1) is 11.3 Å². The molecule has 8 nitrogen and oxygen atoms in total. The van der Waals surface area contributed by atoms with Gasteiger partial charge in [-0.1, -0.05) is 15.9 Å². The van der Waals surface area contributed by atoms with Crippen LogP contribution in [0.25, 0.3) is 10.2 Å². The van der Waals surface area contributed by atoms with E-state index in [-0.39, 0.29) is 11.6 Å². The van der Waals surface area contributed by atoms with Crippen LogP contribution >= 0.6 is 27.3 Å². The number of hydrogen-bond acceptors (Lipinski definition) is 7.